The third kappa shape index (κ3) is 4.07. The van der Waals surface area contributed by atoms with Gasteiger partial charge < -0.3 is 10.0 Å². The second-order valence-electron chi connectivity index (χ2n) is 3.27. The largest absolute Gasteiger partial charge is 0.480 e. The van der Waals surface area contributed by atoms with E-state index in [4.69, 9.17) is 11.5 Å². The van der Waals surface area contributed by atoms with E-state index in [1.54, 1.807) is 18.2 Å². The van der Waals surface area contributed by atoms with Gasteiger partial charge in [0.1, 0.15) is 6.54 Å². The molecule has 0 atom stereocenters. The van der Waals surface area contributed by atoms with Crippen LogP contribution in [0.15, 0.2) is 24.3 Å². The molecule has 0 fully saturated rings. The van der Waals surface area contributed by atoms with E-state index in [0.29, 0.717) is 5.56 Å². The van der Waals surface area contributed by atoms with Crippen molar-refractivity contribution in [2.45, 2.75) is 0 Å². The summed E-state index contributed by atoms with van der Waals surface area (Å²) in [6, 6.07) is 6.91. The number of benzene rings is 1. The summed E-state index contributed by atoms with van der Waals surface area (Å²) in [6.07, 6.45) is 5.11. The van der Waals surface area contributed by atoms with Crippen molar-refractivity contribution in [2.24, 2.45) is 0 Å². The van der Waals surface area contributed by atoms with Crippen molar-refractivity contribution in [1.82, 2.24) is 4.90 Å². The van der Waals surface area contributed by atoms with Crippen LogP contribution in [0.1, 0.15) is 10.4 Å². The molecule has 0 aliphatic carbocycles. The normalized spacial score (nSPS) is 9.41. The van der Waals surface area contributed by atoms with Crippen molar-refractivity contribution < 1.29 is 14.7 Å². The van der Waals surface area contributed by atoms with E-state index in [0.717, 1.165) is 8.47 Å². The molecule has 4 nitrogen and oxygen atoms in total. The summed E-state index contributed by atoms with van der Waals surface area (Å²) in [4.78, 5) is 23.7. The van der Waals surface area contributed by atoms with Crippen LogP contribution in [0.25, 0.3) is 0 Å². The van der Waals surface area contributed by atoms with Gasteiger partial charge in [-0.2, -0.15) is 0 Å². The SMILES string of the molecule is C#CCN(CC(=O)O)C(=O)c1cccc(I)c1. The van der Waals surface area contributed by atoms with E-state index in [-0.39, 0.29) is 12.5 Å². The summed E-state index contributed by atoms with van der Waals surface area (Å²) in [5, 5.41) is 8.70. The lowest BCUT2D eigenvalue weighted by molar-refractivity contribution is -0.137. The average Bonchev–Trinajstić information content (AvgIpc) is 2.27. The monoisotopic (exact) mass is 343 g/mol. The van der Waals surface area contributed by atoms with Crippen molar-refractivity contribution in [2.75, 3.05) is 13.1 Å². The van der Waals surface area contributed by atoms with Crippen LogP contribution in [0.3, 0.4) is 0 Å². The third-order valence-corrected chi connectivity index (χ3v) is 2.64. The smallest absolute Gasteiger partial charge is 0.323 e. The van der Waals surface area contributed by atoms with Gasteiger partial charge in [0, 0.05) is 9.13 Å². The molecule has 0 unspecified atom stereocenters. The van der Waals surface area contributed by atoms with Crippen molar-refractivity contribution in [3.8, 4) is 12.3 Å². The number of carboxylic acids is 1. The maximum Gasteiger partial charge on any atom is 0.323 e. The fraction of sp³-hybridized carbons (Fsp3) is 0.167. The summed E-state index contributed by atoms with van der Waals surface area (Å²) in [7, 11) is 0. The second-order valence-corrected chi connectivity index (χ2v) is 4.52. The molecule has 0 heterocycles. The molecule has 0 spiro atoms. The van der Waals surface area contributed by atoms with Gasteiger partial charge in [0.25, 0.3) is 5.91 Å². The number of hydrogen-bond donors (Lipinski definition) is 1. The van der Waals surface area contributed by atoms with Gasteiger partial charge in [-0.1, -0.05) is 12.0 Å². The number of carbonyl (C=O) groups excluding carboxylic acids is 1. The Morgan fingerprint density at radius 1 is 1.47 bits per heavy atom. The minimum Gasteiger partial charge on any atom is -0.480 e. The van der Waals surface area contributed by atoms with Gasteiger partial charge >= 0.3 is 5.97 Å². The van der Waals surface area contributed by atoms with Crippen molar-refractivity contribution in [1.29, 1.82) is 0 Å². The highest BCUT2D eigenvalue weighted by molar-refractivity contribution is 14.1. The number of hydrogen-bond acceptors (Lipinski definition) is 2. The number of carbonyl (C=O) groups is 2. The van der Waals surface area contributed by atoms with Crippen LogP contribution in [0, 0.1) is 15.9 Å². The molecule has 0 saturated carbocycles. The molecule has 0 saturated heterocycles. The number of terminal acetylenes is 1. The Bertz CT molecular complexity index is 479. The summed E-state index contributed by atoms with van der Waals surface area (Å²) in [5.74, 6) is 0.823. The van der Waals surface area contributed by atoms with Crippen LogP contribution in [-0.2, 0) is 4.79 Å². The van der Waals surface area contributed by atoms with Crippen LogP contribution in [0.4, 0.5) is 0 Å². The van der Waals surface area contributed by atoms with Crippen LogP contribution in [0.5, 0.6) is 0 Å². The number of nitrogens with zero attached hydrogens (tertiary/aromatic N) is 1. The topological polar surface area (TPSA) is 57.6 Å². The molecule has 1 amide bonds. The first-order valence-electron chi connectivity index (χ1n) is 4.74. The predicted molar refractivity (Wildman–Crippen MR) is 71.5 cm³/mol. The Morgan fingerprint density at radius 2 is 2.18 bits per heavy atom. The molecule has 0 aliphatic heterocycles. The lowest BCUT2D eigenvalue weighted by Gasteiger charge is -2.17. The zero-order valence-corrected chi connectivity index (χ0v) is 11.0. The first-order chi connectivity index (χ1) is 8.04. The zero-order chi connectivity index (χ0) is 12.8. The molecule has 0 radical (unpaired) electrons. The summed E-state index contributed by atoms with van der Waals surface area (Å²) in [6.45, 7) is -0.412. The first-order valence-corrected chi connectivity index (χ1v) is 5.82. The number of rotatable bonds is 4. The third-order valence-electron chi connectivity index (χ3n) is 1.97. The molecule has 1 N–H and O–H groups in total. The van der Waals surface area contributed by atoms with Gasteiger partial charge in [-0.3, -0.25) is 9.59 Å². The van der Waals surface area contributed by atoms with Crippen LogP contribution in [0.2, 0.25) is 0 Å². The summed E-state index contributed by atoms with van der Waals surface area (Å²) >= 11 is 2.08. The highest BCUT2D eigenvalue weighted by atomic mass is 127. The maximum atomic E-state index is 12.0. The summed E-state index contributed by atoms with van der Waals surface area (Å²) in [5.41, 5.74) is 0.438. The molecule has 1 aromatic rings. The maximum absolute atomic E-state index is 12.0. The van der Waals surface area contributed by atoms with Crippen molar-refractivity contribution >= 4 is 34.5 Å². The lowest BCUT2D eigenvalue weighted by Crippen LogP contribution is -2.36. The number of aliphatic carboxylic acids is 1. The number of halogens is 1. The van der Waals surface area contributed by atoms with Crippen LogP contribution >= 0.6 is 22.6 Å². The Morgan fingerprint density at radius 3 is 2.71 bits per heavy atom. The first kappa shape index (κ1) is 13.5. The molecule has 0 aliphatic rings. The molecule has 5 heteroatoms. The quantitative estimate of drug-likeness (QED) is 0.665. The van der Waals surface area contributed by atoms with Gasteiger partial charge in [0.15, 0.2) is 0 Å². The van der Waals surface area contributed by atoms with Gasteiger partial charge in [0.2, 0.25) is 0 Å². The standard InChI is InChI=1S/C12H10INO3/c1-2-6-14(8-11(15)16)12(17)9-4-3-5-10(13)7-9/h1,3-5,7H,6,8H2,(H,15,16). The minimum atomic E-state index is -1.08. The van der Waals surface area contributed by atoms with Crippen molar-refractivity contribution in [3.63, 3.8) is 0 Å². The molecular weight excluding hydrogens is 333 g/mol. The Labute approximate surface area is 113 Å². The van der Waals surface area contributed by atoms with Crippen molar-refractivity contribution in [3.05, 3.63) is 33.4 Å². The van der Waals surface area contributed by atoms with E-state index in [9.17, 15) is 9.59 Å². The molecule has 1 aromatic carbocycles. The lowest BCUT2D eigenvalue weighted by atomic mass is 10.2. The summed E-state index contributed by atoms with van der Waals surface area (Å²) < 4.78 is 0.907. The van der Waals surface area contributed by atoms with Crippen LogP contribution in [-0.4, -0.2) is 35.0 Å². The van der Waals surface area contributed by atoms with E-state index < -0.39 is 12.5 Å². The Kier molecular flexibility index (Phi) is 4.97. The van der Waals surface area contributed by atoms with E-state index in [1.807, 2.05) is 6.07 Å². The molecule has 1 rings (SSSR count). The predicted octanol–water partition coefficient (Wildman–Crippen LogP) is 1.45. The molecule has 0 bridgehead atoms. The minimum absolute atomic E-state index is 0.0173. The van der Waals surface area contributed by atoms with Gasteiger partial charge in [0.05, 0.1) is 6.54 Å². The number of amides is 1. The van der Waals surface area contributed by atoms with Gasteiger partial charge in [-0.05, 0) is 40.8 Å². The fourth-order valence-corrected chi connectivity index (χ4v) is 1.82. The fourth-order valence-electron chi connectivity index (χ4n) is 1.28. The molecule has 17 heavy (non-hydrogen) atoms. The van der Waals surface area contributed by atoms with E-state index in [1.165, 1.54) is 0 Å². The van der Waals surface area contributed by atoms with E-state index in [2.05, 4.69) is 28.5 Å². The number of carboxylic acid groups (broad SMARTS) is 1. The van der Waals surface area contributed by atoms with Gasteiger partial charge in [-0.25, -0.2) is 0 Å². The highest BCUT2D eigenvalue weighted by Crippen LogP contribution is 2.10. The van der Waals surface area contributed by atoms with Crippen LogP contribution < -0.4 is 0 Å². The highest BCUT2D eigenvalue weighted by Gasteiger charge is 2.17. The second kappa shape index (κ2) is 6.25. The molecule has 88 valence electrons. The molecular formula is C12H10INO3. The zero-order valence-electron chi connectivity index (χ0n) is 8.89. The molecule has 0 aromatic heterocycles. The Balaban J connectivity index is 2.92. The Hall–Kier alpha value is -1.55. The van der Waals surface area contributed by atoms with E-state index >= 15 is 0 Å². The average molecular weight is 343 g/mol. The van der Waals surface area contributed by atoms with Gasteiger partial charge in [-0.15, -0.1) is 6.42 Å².